The zero-order chi connectivity index (χ0) is 24.4. The molecule has 3 heterocycles. The molecule has 0 spiro atoms. The summed E-state index contributed by atoms with van der Waals surface area (Å²) in [5, 5.41) is 15.3. The van der Waals surface area contributed by atoms with Crippen molar-refractivity contribution in [2.75, 3.05) is 28.0 Å². The SMILES string of the molecule is Cc1ccc(S(=O)(=O)Nc2ccc(NC(=O)C3CCN(c4ccc5nncn5n4)CC3)cc2)cc1. The van der Waals surface area contributed by atoms with E-state index in [-0.39, 0.29) is 16.7 Å². The smallest absolute Gasteiger partial charge is 0.261 e. The second-order valence-electron chi connectivity index (χ2n) is 8.57. The summed E-state index contributed by atoms with van der Waals surface area (Å²) in [4.78, 5) is 15.1. The molecule has 5 rings (SSSR count). The van der Waals surface area contributed by atoms with Crippen LogP contribution in [-0.4, -0.2) is 47.2 Å². The molecule has 2 N–H and O–H groups in total. The van der Waals surface area contributed by atoms with E-state index in [1.54, 1.807) is 59.4 Å². The fourth-order valence-electron chi connectivity index (χ4n) is 4.06. The average molecular weight is 492 g/mol. The maximum Gasteiger partial charge on any atom is 0.261 e. The van der Waals surface area contributed by atoms with Crippen LogP contribution in [0.15, 0.2) is 71.9 Å². The van der Waals surface area contributed by atoms with Gasteiger partial charge in [0, 0.05) is 30.4 Å². The van der Waals surface area contributed by atoms with Crippen molar-refractivity contribution in [2.45, 2.75) is 24.7 Å². The molecule has 0 unspecified atom stereocenters. The van der Waals surface area contributed by atoms with Crippen LogP contribution in [0.5, 0.6) is 0 Å². The summed E-state index contributed by atoms with van der Waals surface area (Å²) in [5.41, 5.74) is 2.72. The van der Waals surface area contributed by atoms with Crippen LogP contribution in [0.4, 0.5) is 17.2 Å². The first-order chi connectivity index (χ1) is 16.9. The third-order valence-electron chi connectivity index (χ3n) is 6.07. The zero-order valence-electron chi connectivity index (χ0n) is 19.1. The first-order valence-electron chi connectivity index (χ1n) is 11.3. The summed E-state index contributed by atoms with van der Waals surface area (Å²) in [7, 11) is -3.68. The third kappa shape index (κ3) is 5.09. The van der Waals surface area contributed by atoms with Crippen molar-refractivity contribution in [3.05, 3.63) is 72.6 Å². The molecule has 10 nitrogen and oxygen atoms in total. The minimum atomic E-state index is -3.68. The molecule has 1 aliphatic rings. The van der Waals surface area contributed by atoms with Crippen LogP contribution in [0.3, 0.4) is 0 Å². The summed E-state index contributed by atoms with van der Waals surface area (Å²) >= 11 is 0. The summed E-state index contributed by atoms with van der Waals surface area (Å²) in [6, 6.07) is 17.1. The van der Waals surface area contributed by atoms with E-state index in [4.69, 9.17) is 0 Å². The number of hydrogen-bond acceptors (Lipinski definition) is 7. The summed E-state index contributed by atoms with van der Waals surface area (Å²) < 4.78 is 29.3. The van der Waals surface area contributed by atoms with Crippen molar-refractivity contribution in [1.82, 2.24) is 19.8 Å². The van der Waals surface area contributed by atoms with Crippen molar-refractivity contribution in [2.24, 2.45) is 5.92 Å². The van der Waals surface area contributed by atoms with E-state index in [1.807, 2.05) is 19.1 Å². The molecule has 1 amide bonds. The highest BCUT2D eigenvalue weighted by molar-refractivity contribution is 7.92. The number of rotatable bonds is 6. The number of piperidine rings is 1. The van der Waals surface area contributed by atoms with Crippen molar-refractivity contribution in [1.29, 1.82) is 0 Å². The van der Waals surface area contributed by atoms with Gasteiger partial charge in [-0.15, -0.1) is 15.3 Å². The Morgan fingerprint density at radius 2 is 1.63 bits per heavy atom. The van der Waals surface area contributed by atoms with Gasteiger partial charge in [-0.1, -0.05) is 17.7 Å². The van der Waals surface area contributed by atoms with E-state index in [0.29, 0.717) is 29.9 Å². The van der Waals surface area contributed by atoms with Crippen molar-refractivity contribution >= 4 is 38.8 Å². The van der Waals surface area contributed by atoms with Gasteiger partial charge in [0.05, 0.1) is 4.90 Å². The molecule has 2 aromatic carbocycles. The van der Waals surface area contributed by atoms with Gasteiger partial charge < -0.3 is 10.2 Å². The zero-order valence-corrected chi connectivity index (χ0v) is 19.9. The molecule has 0 atom stereocenters. The molecule has 1 aliphatic heterocycles. The number of carbonyl (C=O) groups excluding carboxylic acids is 1. The monoisotopic (exact) mass is 491 g/mol. The normalized spacial score (nSPS) is 14.7. The highest BCUT2D eigenvalue weighted by Crippen LogP contribution is 2.24. The molecule has 1 saturated heterocycles. The first-order valence-corrected chi connectivity index (χ1v) is 12.8. The Balaban J connectivity index is 1.15. The minimum absolute atomic E-state index is 0.0418. The Kier molecular flexibility index (Phi) is 6.08. The molecule has 4 aromatic rings. The Hall–Kier alpha value is -3.99. The molecule has 180 valence electrons. The largest absolute Gasteiger partial charge is 0.355 e. The number of amides is 1. The lowest BCUT2D eigenvalue weighted by Gasteiger charge is -2.32. The molecule has 11 heteroatoms. The van der Waals surface area contributed by atoms with Crippen LogP contribution in [0.2, 0.25) is 0 Å². The van der Waals surface area contributed by atoms with Crippen LogP contribution in [0.25, 0.3) is 5.65 Å². The number of nitrogens with one attached hydrogen (secondary N) is 2. The lowest BCUT2D eigenvalue weighted by atomic mass is 9.96. The maximum atomic E-state index is 12.8. The molecule has 35 heavy (non-hydrogen) atoms. The Bertz CT molecular complexity index is 1440. The number of nitrogens with zero attached hydrogens (tertiary/aromatic N) is 5. The predicted octanol–water partition coefficient (Wildman–Crippen LogP) is 3.09. The number of sulfonamides is 1. The van der Waals surface area contributed by atoms with Crippen LogP contribution in [0, 0.1) is 12.8 Å². The van der Waals surface area contributed by atoms with E-state index < -0.39 is 10.0 Å². The van der Waals surface area contributed by atoms with Crippen molar-refractivity contribution in [3.8, 4) is 0 Å². The van der Waals surface area contributed by atoms with Gasteiger partial charge in [0.2, 0.25) is 5.91 Å². The summed E-state index contributed by atoms with van der Waals surface area (Å²) in [6.07, 6.45) is 2.99. The molecule has 0 radical (unpaired) electrons. The number of fused-ring (bicyclic) bond motifs is 1. The van der Waals surface area contributed by atoms with Crippen LogP contribution < -0.4 is 14.9 Å². The average Bonchev–Trinajstić information content (AvgIpc) is 3.33. The van der Waals surface area contributed by atoms with Gasteiger partial charge in [0.1, 0.15) is 12.1 Å². The van der Waals surface area contributed by atoms with Crippen LogP contribution in [-0.2, 0) is 14.8 Å². The molecule has 0 saturated carbocycles. The molecular weight excluding hydrogens is 466 g/mol. The number of aromatic nitrogens is 4. The standard InChI is InChI=1S/C24H25N7O3S/c1-17-2-8-21(9-3-17)35(33,34)29-20-6-4-19(5-7-20)26-24(32)18-12-14-30(15-13-18)23-11-10-22-27-25-16-31(22)28-23/h2-11,16,18,29H,12-15H2,1H3,(H,26,32). The van der Waals surface area contributed by atoms with Gasteiger partial charge >= 0.3 is 0 Å². The van der Waals surface area contributed by atoms with Crippen LogP contribution >= 0.6 is 0 Å². The number of hydrogen-bond donors (Lipinski definition) is 2. The van der Waals surface area contributed by atoms with Crippen molar-refractivity contribution in [3.63, 3.8) is 0 Å². The number of carbonyl (C=O) groups is 1. The van der Waals surface area contributed by atoms with Gasteiger partial charge in [-0.05, 0) is 68.3 Å². The van der Waals surface area contributed by atoms with E-state index >= 15 is 0 Å². The Morgan fingerprint density at radius 3 is 2.34 bits per heavy atom. The second kappa shape index (κ2) is 9.34. The molecular formula is C24H25N7O3S. The van der Waals surface area contributed by atoms with E-state index in [2.05, 4.69) is 30.2 Å². The summed E-state index contributed by atoms with van der Waals surface area (Å²) in [5.74, 6) is 0.685. The van der Waals surface area contributed by atoms with Gasteiger partial charge in [0.25, 0.3) is 10.0 Å². The van der Waals surface area contributed by atoms with Gasteiger partial charge in [-0.3, -0.25) is 9.52 Å². The highest BCUT2D eigenvalue weighted by Gasteiger charge is 2.26. The fourth-order valence-corrected chi connectivity index (χ4v) is 5.11. The number of anilines is 3. The highest BCUT2D eigenvalue weighted by atomic mass is 32.2. The lowest BCUT2D eigenvalue weighted by molar-refractivity contribution is -0.120. The number of benzene rings is 2. The van der Waals surface area contributed by atoms with Gasteiger partial charge in [-0.25, -0.2) is 8.42 Å². The molecule has 0 aliphatic carbocycles. The first kappa shape index (κ1) is 22.8. The topological polar surface area (TPSA) is 122 Å². The van der Waals surface area contributed by atoms with Crippen LogP contribution in [0.1, 0.15) is 18.4 Å². The summed E-state index contributed by atoms with van der Waals surface area (Å²) in [6.45, 7) is 3.34. The Labute approximate surface area is 203 Å². The quantitative estimate of drug-likeness (QED) is 0.425. The third-order valence-corrected chi connectivity index (χ3v) is 7.47. The van der Waals surface area contributed by atoms with E-state index in [1.165, 1.54) is 0 Å². The minimum Gasteiger partial charge on any atom is -0.355 e. The van der Waals surface area contributed by atoms with Gasteiger partial charge in [0.15, 0.2) is 5.65 Å². The second-order valence-corrected chi connectivity index (χ2v) is 10.3. The van der Waals surface area contributed by atoms with Crippen molar-refractivity contribution < 1.29 is 13.2 Å². The van der Waals surface area contributed by atoms with E-state index in [0.717, 1.165) is 24.5 Å². The molecule has 2 aromatic heterocycles. The Morgan fingerprint density at radius 1 is 0.943 bits per heavy atom. The van der Waals surface area contributed by atoms with Gasteiger partial charge in [-0.2, -0.15) is 4.52 Å². The predicted molar refractivity (Wildman–Crippen MR) is 133 cm³/mol. The van der Waals surface area contributed by atoms with E-state index in [9.17, 15) is 13.2 Å². The molecule has 1 fully saturated rings. The lowest BCUT2D eigenvalue weighted by Crippen LogP contribution is -2.38. The molecule has 0 bridgehead atoms. The number of aryl methyl sites for hydroxylation is 1. The fraction of sp³-hybridized carbons (Fsp3) is 0.250. The maximum absolute atomic E-state index is 12.8.